The van der Waals surface area contributed by atoms with E-state index in [4.69, 9.17) is 0 Å². The lowest BCUT2D eigenvalue weighted by atomic mass is 9.83. The second-order valence-corrected chi connectivity index (χ2v) is 8.32. The molecule has 0 spiro atoms. The second-order valence-electron chi connectivity index (χ2n) is 7.29. The van der Waals surface area contributed by atoms with Crippen molar-refractivity contribution in [2.45, 2.75) is 53.0 Å². The number of rotatable bonds is 5. The van der Waals surface area contributed by atoms with Crippen LogP contribution in [0.2, 0.25) is 0 Å². The van der Waals surface area contributed by atoms with E-state index in [1.54, 1.807) is 11.3 Å². The zero-order valence-electron chi connectivity index (χ0n) is 15.0. The van der Waals surface area contributed by atoms with Gasteiger partial charge in [0.05, 0.1) is 12.1 Å². The predicted molar refractivity (Wildman–Crippen MR) is 101 cm³/mol. The third kappa shape index (κ3) is 3.92. The fourth-order valence-electron chi connectivity index (χ4n) is 3.70. The maximum atomic E-state index is 12.6. The van der Waals surface area contributed by atoms with Crippen molar-refractivity contribution in [3.8, 4) is 0 Å². The number of nitrogens with one attached hydrogen (secondary N) is 1. The number of carbonyl (C=O) groups excluding carboxylic acids is 1. The van der Waals surface area contributed by atoms with Crippen molar-refractivity contribution in [1.29, 1.82) is 0 Å². The standard InChI is InChI=1S/C20H28N2OS/c1-14-6-8-17(9-7-14)12-21-20(23)19-11-15(2)22(16(19)3)13-18-5-4-10-24-18/h4-5,10-11,14,17H,6-9,12-13H2,1-3H3,(H,21,23). The molecule has 0 bridgehead atoms. The summed E-state index contributed by atoms with van der Waals surface area (Å²) in [4.78, 5) is 13.9. The van der Waals surface area contributed by atoms with Gasteiger partial charge in [0.25, 0.3) is 5.91 Å². The number of aryl methyl sites for hydroxylation is 1. The van der Waals surface area contributed by atoms with Gasteiger partial charge in [-0.15, -0.1) is 11.3 Å². The molecule has 24 heavy (non-hydrogen) atoms. The number of aromatic nitrogens is 1. The third-order valence-electron chi connectivity index (χ3n) is 5.40. The van der Waals surface area contributed by atoms with Gasteiger partial charge < -0.3 is 9.88 Å². The lowest BCUT2D eigenvalue weighted by Crippen LogP contribution is -2.31. The van der Waals surface area contributed by atoms with Gasteiger partial charge in [-0.3, -0.25) is 4.79 Å². The summed E-state index contributed by atoms with van der Waals surface area (Å²) >= 11 is 1.76. The Hall–Kier alpha value is -1.55. The van der Waals surface area contributed by atoms with Crippen LogP contribution >= 0.6 is 11.3 Å². The molecule has 0 aliphatic heterocycles. The van der Waals surface area contributed by atoms with Gasteiger partial charge in [-0.1, -0.05) is 25.8 Å². The highest BCUT2D eigenvalue weighted by molar-refractivity contribution is 7.09. The molecule has 1 aliphatic rings. The van der Waals surface area contributed by atoms with Crippen molar-refractivity contribution < 1.29 is 4.79 Å². The fraction of sp³-hybridized carbons (Fsp3) is 0.550. The number of hydrogen-bond acceptors (Lipinski definition) is 2. The van der Waals surface area contributed by atoms with Crippen molar-refractivity contribution >= 4 is 17.2 Å². The topological polar surface area (TPSA) is 34.0 Å². The summed E-state index contributed by atoms with van der Waals surface area (Å²) in [5, 5.41) is 5.27. The van der Waals surface area contributed by atoms with Crippen LogP contribution < -0.4 is 5.32 Å². The number of carbonyl (C=O) groups is 1. The Morgan fingerprint density at radius 1 is 1.29 bits per heavy atom. The van der Waals surface area contributed by atoms with Gasteiger partial charge in [-0.2, -0.15) is 0 Å². The quantitative estimate of drug-likeness (QED) is 0.833. The molecule has 1 amide bonds. The third-order valence-corrected chi connectivity index (χ3v) is 6.26. The Labute approximate surface area is 149 Å². The van der Waals surface area contributed by atoms with Gasteiger partial charge in [0.15, 0.2) is 0 Å². The van der Waals surface area contributed by atoms with Gasteiger partial charge in [0.2, 0.25) is 0 Å². The largest absolute Gasteiger partial charge is 0.352 e. The van der Waals surface area contributed by atoms with Gasteiger partial charge in [-0.25, -0.2) is 0 Å². The van der Waals surface area contributed by atoms with Gasteiger partial charge in [0, 0.05) is 22.8 Å². The predicted octanol–water partition coefficient (Wildman–Crippen LogP) is 4.77. The summed E-state index contributed by atoms with van der Waals surface area (Å²) in [5.74, 6) is 1.59. The molecular weight excluding hydrogens is 316 g/mol. The van der Waals surface area contributed by atoms with E-state index in [0.717, 1.165) is 36.0 Å². The fourth-order valence-corrected chi connectivity index (χ4v) is 4.39. The highest BCUT2D eigenvalue weighted by atomic mass is 32.1. The Morgan fingerprint density at radius 3 is 2.71 bits per heavy atom. The Bertz CT molecular complexity index is 679. The van der Waals surface area contributed by atoms with Crippen molar-refractivity contribution in [3.63, 3.8) is 0 Å². The highest BCUT2D eigenvalue weighted by Gasteiger charge is 2.20. The van der Waals surface area contributed by atoms with Crippen molar-refractivity contribution in [1.82, 2.24) is 9.88 Å². The maximum Gasteiger partial charge on any atom is 0.253 e. The summed E-state index contributed by atoms with van der Waals surface area (Å²) in [6, 6.07) is 6.25. The molecule has 3 rings (SSSR count). The average molecular weight is 345 g/mol. The molecule has 1 N–H and O–H groups in total. The summed E-state index contributed by atoms with van der Waals surface area (Å²) in [6.45, 7) is 8.14. The SMILES string of the molecule is Cc1cc(C(=O)NCC2CCC(C)CC2)c(C)n1Cc1cccs1. The number of thiophene rings is 1. The minimum atomic E-state index is 0.0825. The van der Waals surface area contributed by atoms with Crippen LogP contribution in [0, 0.1) is 25.7 Å². The van der Waals surface area contributed by atoms with Crippen LogP contribution in [0.15, 0.2) is 23.6 Å². The molecule has 4 heteroatoms. The Morgan fingerprint density at radius 2 is 2.04 bits per heavy atom. The molecule has 0 aromatic carbocycles. The molecule has 1 saturated carbocycles. The summed E-state index contributed by atoms with van der Waals surface area (Å²) in [5.41, 5.74) is 3.04. The molecule has 2 aromatic heterocycles. The smallest absolute Gasteiger partial charge is 0.253 e. The van der Waals surface area contributed by atoms with E-state index in [-0.39, 0.29) is 5.91 Å². The molecule has 0 atom stereocenters. The number of nitrogens with zero attached hydrogens (tertiary/aromatic N) is 1. The van der Waals surface area contributed by atoms with Crippen molar-refractivity contribution in [3.05, 3.63) is 45.4 Å². The summed E-state index contributed by atoms with van der Waals surface area (Å²) in [7, 11) is 0. The van der Waals surface area contributed by atoms with Crippen molar-refractivity contribution in [2.24, 2.45) is 11.8 Å². The monoisotopic (exact) mass is 344 g/mol. The van der Waals surface area contributed by atoms with Gasteiger partial charge >= 0.3 is 0 Å². The van der Waals surface area contributed by atoms with Crippen LogP contribution in [0.3, 0.4) is 0 Å². The first kappa shape index (κ1) is 17.3. The number of hydrogen-bond donors (Lipinski definition) is 1. The Balaban J connectivity index is 1.62. The second kappa shape index (κ2) is 7.56. The van der Waals surface area contributed by atoms with Crippen LogP contribution in [-0.4, -0.2) is 17.0 Å². The molecule has 0 unspecified atom stereocenters. The van der Waals surface area contributed by atoms with E-state index in [2.05, 4.69) is 48.2 Å². The van der Waals surface area contributed by atoms with Crippen LogP contribution in [0.1, 0.15) is 59.2 Å². The molecular formula is C20H28N2OS. The van der Waals surface area contributed by atoms with Gasteiger partial charge in [0.1, 0.15) is 0 Å². The van der Waals surface area contributed by atoms with E-state index in [1.165, 1.54) is 30.6 Å². The first-order valence-electron chi connectivity index (χ1n) is 9.02. The van der Waals surface area contributed by atoms with E-state index >= 15 is 0 Å². The first-order valence-corrected chi connectivity index (χ1v) is 9.90. The van der Waals surface area contributed by atoms with E-state index in [9.17, 15) is 4.79 Å². The number of amides is 1. The molecule has 2 aromatic rings. The zero-order chi connectivity index (χ0) is 17.1. The average Bonchev–Trinajstić information content (AvgIpc) is 3.18. The van der Waals surface area contributed by atoms with Crippen molar-refractivity contribution in [2.75, 3.05) is 6.54 Å². The van der Waals surface area contributed by atoms with Crippen LogP contribution in [0.4, 0.5) is 0 Å². The lowest BCUT2D eigenvalue weighted by molar-refractivity contribution is 0.0941. The molecule has 0 saturated heterocycles. The first-order chi connectivity index (χ1) is 11.5. The highest BCUT2D eigenvalue weighted by Crippen LogP contribution is 2.28. The summed E-state index contributed by atoms with van der Waals surface area (Å²) < 4.78 is 2.24. The molecule has 1 fully saturated rings. The molecule has 2 heterocycles. The minimum Gasteiger partial charge on any atom is -0.352 e. The Kier molecular flexibility index (Phi) is 5.44. The zero-order valence-corrected chi connectivity index (χ0v) is 15.8. The molecule has 1 aliphatic carbocycles. The van der Waals surface area contributed by atoms with E-state index in [0.29, 0.717) is 5.92 Å². The normalized spacial score (nSPS) is 21.0. The maximum absolute atomic E-state index is 12.6. The van der Waals surface area contributed by atoms with E-state index in [1.807, 2.05) is 6.07 Å². The van der Waals surface area contributed by atoms with E-state index < -0.39 is 0 Å². The van der Waals surface area contributed by atoms with Crippen LogP contribution in [0.25, 0.3) is 0 Å². The van der Waals surface area contributed by atoms with Crippen LogP contribution in [0.5, 0.6) is 0 Å². The molecule has 0 radical (unpaired) electrons. The molecule has 130 valence electrons. The van der Waals surface area contributed by atoms with Gasteiger partial charge in [-0.05, 0) is 56.0 Å². The molecule has 3 nitrogen and oxygen atoms in total. The lowest BCUT2D eigenvalue weighted by Gasteiger charge is -2.26. The van der Waals surface area contributed by atoms with Crippen LogP contribution in [-0.2, 0) is 6.54 Å². The summed E-state index contributed by atoms with van der Waals surface area (Å²) in [6.07, 6.45) is 5.10. The minimum absolute atomic E-state index is 0.0825.